The number of nitrogens with one attached hydrogen (secondary N) is 1. The summed E-state index contributed by atoms with van der Waals surface area (Å²) >= 11 is 0. The third-order valence-corrected chi connectivity index (χ3v) is 5.82. The van der Waals surface area contributed by atoms with Crippen molar-refractivity contribution in [3.05, 3.63) is 89.1 Å². The molecule has 0 aliphatic rings. The van der Waals surface area contributed by atoms with E-state index >= 15 is 4.39 Å². The van der Waals surface area contributed by atoms with Crippen LogP contribution in [0.5, 0.6) is 0 Å². The molecule has 10 heteroatoms. The largest absolute Gasteiger partial charge is 0.394 e. The molecule has 2 aromatic carbocycles. The lowest BCUT2D eigenvalue weighted by Gasteiger charge is -2.18. The quantitative estimate of drug-likeness (QED) is 0.348. The number of rotatable bonds is 7. The number of benzene rings is 2. The number of halogens is 3. The first-order valence-corrected chi connectivity index (χ1v) is 11.0. The van der Waals surface area contributed by atoms with E-state index in [-0.39, 0.29) is 22.5 Å². The first-order chi connectivity index (χ1) is 17.2. The van der Waals surface area contributed by atoms with E-state index in [2.05, 4.69) is 15.4 Å². The Labute approximate surface area is 205 Å². The minimum Gasteiger partial charge on any atom is -0.394 e. The number of hydrogen-bond donors (Lipinski definition) is 3. The lowest BCUT2D eigenvalue weighted by Crippen LogP contribution is -2.31. The van der Waals surface area contributed by atoms with Crippen LogP contribution in [0.15, 0.2) is 60.9 Å². The molecule has 0 spiro atoms. The van der Waals surface area contributed by atoms with Crippen LogP contribution in [-0.2, 0) is 7.05 Å². The normalized spacial score (nSPS) is 12.1. The van der Waals surface area contributed by atoms with Crippen LogP contribution in [0.1, 0.15) is 39.6 Å². The summed E-state index contributed by atoms with van der Waals surface area (Å²) in [6.45, 7) is 1.31. The Hall–Kier alpha value is -4.18. The number of hydrogen-bond acceptors (Lipinski definition) is 5. The summed E-state index contributed by atoms with van der Waals surface area (Å²) in [5.74, 6) is -1.42. The van der Waals surface area contributed by atoms with Crippen molar-refractivity contribution >= 4 is 11.7 Å². The minimum atomic E-state index is -2.70. The fraction of sp³-hybridized carbons (Fsp3) is 0.192. The van der Waals surface area contributed by atoms with Gasteiger partial charge in [0.05, 0.1) is 23.9 Å². The molecule has 0 saturated heterocycles. The van der Waals surface area contributed by atoms with Crippen molar-refractivity contribution in [2.75, 3.05) is 12.3 Å². The van der Waals surface area contributed by atoms with Gasteiger partial charge in [-0.1, -0.05) is 24.3 Å². The molecule has 0 aliphatic heterocycles. The third kappa shape index (κ3) is 5.08. The number of carbonyl (C=O) groups is 1. The molecule has 2 aromatic heterocycles. The van der Waals surface area contributed by atoms with E-state index in [9.17, 15) is 18.7 Å². The first kappa shape index (κ1) is 24.9. The number of aromatic nitrogens is 3. The summed E-state index contributed by atoms with van der Waals surface area (Å²) in [4.78, 5) is 17.0. The fourth-order valence-corrected chi connectivity index (χ4v) is 3.99. The van der Waals surface area contributed by atoms with Gasteiger partial charge < -0.3 is 16.2 Å². The Bertz CT molecular complexity index is 1420. The van der Waals surface area contributed by atoms with Crippen molar-refractivity contribution in [2.24, 2.45) is 7.05 Å². The van der Waals surface area contributed by atoms with Crippen molar-refractivity contribution in [1.82, 2.24) is 20.1 Å². The van der Waals surface area contributed by atoms with Gasteiger partial charge in [-0.25, -0.2) is 18.2 Å². The molecule has 0 fully saturated rings. The van der Waals surface area contributed by atoms with Gasteiger partial charge in [0, 0.05) is 41.7 Å². The highest BCUT2D eigenvalue weighted by atomic mass is 19.3. The Morgan fingerprint density at radius 3 is 2.50 bits per heavy atom. The van der Waals surface area contributed by atoms with Gasteiger partial charge in [-0.3, -0.25) is 9.48 Å². The molecule has 0 aliphatic carbocycles. The van der Waals surface area contributed by atoms with Crippen LogP contribution < -0.4 is 11.1 Å². The summed E-state index contributed by atoms with van der Waals surface area (Å²) in [7, 11) is 1.80. The van der Waals surface area contributed by atoms with Gasteiger partial charge in [-0.2, -0.15) is 5.10 Å². The van der Waals surface area contributed by atoms with Crippen molar-refractivity contribution in [1.29, 1.82) is 0 Å². The summed E-state index contributed by atoms with van der Waals surface area (Å²) in [5, 5.41) is 16.5. The monoisotopic (exact) mass is 495 g/mol. The first-order valence-electron chi connectivity index (χ1n) is 11.0. The summed E-state index contributed by atoms with van der Waals surface area (Å²) < 4.78 is 42.8. The number of aryl methyl sites for hydroxylation is 2. The number of alkyl halides is 2. The molecule has 1 unspecified atom stereocenters. The lowest BCUT2D eigenvalue weighted by atomic mass is 9.99. The number of nitrogens with zero attached hydrogens (tertiary/aromatic N) is 3. The van der Waals surface area contributed by atoms with Crippen LogP contribution in [0.3, 0.4) is 0 Å². The molecular formula is C26H24F3N5O2. The van der Waals surface area contributed by atoms with E-state index in [1.165, 1.54) is 42.5 Å². The Balaban J connectivity index is 1.60. The second-order valence-electron chi connectivity index (χ2n) is 8.33. The molecule has 4 aromatic rings. The van der Waals surface area contributed by atoms with Crippen LogP contribution in [0.25, 0.3) is 22.3 Å². The van der Waals surface area contributed by atoms with Crippen molar-refractivity contribution < 1.29 is 23.1 Å². The highest BCUT2D eigenvalue weighted by Crippen LogP contribution is 2.32. The number of anilines is 1. The van der Waals surface area contributed by atoms with Crippen LogP contribution in [0, 0.1) is 12.7 Å². The van der Waals surface area contributed by atoms with Crippen LogP contribution in [0.4, 0.5) is 19.0 Å². The molecule has 0 radical (unpaired) electrons. The number of pyridine rings is 1. The van der Waals surface area contributed by atoms with Gasteiger partial charge >= 0.3 is 0 Å². The lowest BCUT2D eigenvalue weighted by molar-refractivity contribution is 0.0912. The van der Waals surface area contributed by atoms with Gasteiger partial charge in [0.15, 0.2) is 0 Å². The van der Waals surface area contributed by atoms with Gasteiger partial charge in [0.25, 0.3) is 12.3 Å². The SMILES string of the molecule is Cc1nn(C)cc1-c1cnc(N)c(-c2ccc(C(=O)NC(CO)c3cccc(C(F)F)c3)c(F)c2)c1. The molecular weight excluding hydrogens is 471 g/mol. The molecule has 7 nitrogen and oxygen atoms in total. The van der Waals surface area contributed by atoms with E-state index in [1.54, 1.807) is 24.0 Å². The highest BCUT2D eigenvalue weighted by Gasteiger charge is 2.20. The fourth-order valence-electron chi connectivity index (χ4n) is 3.99. The number of nitrogens with two attached hydrogens (primary N) is 1. The van der Waals surface area contributed by atoms with E-state index in [4.69, 9.17) is 5.73 Å². The number of carbonyl (C=O) groups excluding carboxylic acids is 1. The van der Waals surface area contributed by atoms with E-state index in [0.29, 0.717) is 11.1 Å². The number of amides is 1. The van der Waals surface area contributed by atoms with Crippen molar-refractivity contribution in [2.45, 2.75) is 19.4 Å². The third-order valence-electron chi connectivity index (χ3n) is 5.82. The van der Waals surface area contributed by atoms with Gasteiger partial charge in [0.1, 0.15) is 11.6 Å². The minimum absolute atomic E-state index is 0.191. The summed E-state index contributed by atoms with van der Waals surface area (Å²) in [5.41, 5.74) is 9.13. The number of aliphatic hydroxyl groups excluding tert-OH is 1. The van der Waals surface area contributed by atoms with Gasteiger partial charge in [-0.05, 0) is 42.3 Å². The topological polar surface area (TPSA) is 106 Å². The summed E-state index contributed by atoms with van der Waals surface area (Å²) in [6.07, 6.45) is 0.751. The zero-order chi connectivity index (χ0) is 26.0. The molecule has 186 valence electrons. The van der Waals surface area contributed by atoms with Crippen LogP contribution in [0.2, 0.25) is 0 Å². The number of aliphatic hydroxyl groups is 1. The smallest absolute Gasteiger partial charge is 0.263 e. The van der Waals surface area contributed by atoms with E-state index in [0.717, 1.165) is 16.8 Å². The van der Waals surface area contributed by atoms with Crippen LogP contribution >= 0.6 is 0 Å². The zero-order valence-electron chi connectivity index (χ0n) is 19.5. The standard InChI is InChI=1S/C26H24F3N5O2/c1-14-21(12-34(2)33-14)18-9-20(25(30)31-11-18)15-6-7-19(22(27)10-15)26(36)32-23(13-35)16-4-3-5-17(8-16)24(28)29/h3-12,23-24,35H,13H2,1-2H3,(H2,30,31)(H,32,36). The second kappa shape index (κ2) is 10.2. The molecule has 1 amide bonds. The van der Waals surface area contributed by atoms with Crippen molar-refractivity contribution in [3.63, 3.8) is 0 Å². The van der Waals surface area contributed by atoms with E-state index in [1.807, 2.05) is 13.1 Å². The Kier molecular flexibility index (Phi) is 7.07. The average molecular weight is 496 g/mol. The van der Waals surface area contributed by atoms with Gasteiger partial charge in [0.2, 0.25) is 0 Å². The molecule has 4 rings (SSSR count). The predicted octanol–water partition coefficient (Wildman–Crippen LogP) is 4.58. The molecule has 1 atom stereocenters. The maximum atomic E-state index is 15.0. The van der Waals surface area contributed by atoms with Gasteiger partial charge in [-0.15, -0.1) is 0 Å². The molecule has 0 saturated carbocycles. The molecule has 4 N–H and O–H groups in total. The molecule has 2 heterocycles. The number of nitrogen functional groups attached to an aromatic ring is 1. The molecule has 36 heavy (non-hydrogen) atoms. The van der Waals surface area contributed by atoms with Crippen molar-refractivity contribution in [3.8, 4) is 22.3 Å². The zero-order valence-corrected chi connectivity index (χ0v) is 19.5. The Morgan fingerprint density at radius 2 is 1.86 bits per heavy atom. The van der Waals surface area contributed by atoms with E-state index < -0.39 is 30.8 Å². The maximum Gasteiger partial charge on any atom is 0.263 e. The molecule has 0 bridgehead atoms. The maximum absolute atomic E-state index is 15.0. The predicted molar refractivity (Wildman–Crippen MR) is 130 cm³/mol. The Morgan fingerprint density at radius 1 is 1.11 bits per heavy atom. The van der Waals surface area contributed by atoms with Crippen LogP contribution in [-0.4, -0.2) is 32.4 Å². The second-order valence-corrected chi connectivity index (χ2v) is 8.33. The average Bonchev–Trinajstić information content (AvgIpc) is 3.20. The summed E-state index contributed by atoms with van der Waals surface area (Å²) in [6, 6.07) is 10.1. The highest BCUT2D eigenvalue weighted by molar-refractivity contribution is 5.95.